The Morgan fingerprint density at radius 1 is 0.947 bits per heavy atom. The summed E-state index contributed by atoms with van der Waals surface area (Å²) in [6, 6.07) is 11.1. The smallest absolute Gasteiger partial charge is 0.0162 e. The summed E-state index contributed by atoms with van der Waals surface area (Å²) in [5.74, 6) is 2.73. The molecule has 1 aliphatic rings. The van der Waals surface area contributed by atoms with E-state index in [-0.39, 0.29) is 0 Å². The minimum atomic E-state index is 0.839. The van der Waals surface area contributed by atoms with Crippen molar-refractivity contribution in [1.82, 2.24) is 0 Å². The van der Waals surface area contributed by atoms with Crippen LogP contribution < -0.4 is 0 Å². The van der Waals surface area contributed by atoms with Crippen molar-refractivity contribution in [3.05, 3.63) is 35.9 Å². The summed E-state index contributed by atoms with van der Waals surface area (Å²) in [6.07, 6.45) is 8.60. The number of hydrogen-bond donors (Lipinski definition) is 0. The van der Waals surface area contributed by atoms with Crippen molar-refractivity contribution < 1.29 is 0 Å². The first-order valence-electron chi connectivity index (χ1n) is 8.30. The standard InChI is InChI=1S/C17H26.C2H6/c1-14(2)8-9-15-10-12-17(13-11-15)16-6-4-3-5-7-16;1-2/h3-7,14-15,17H,8-13H2,1-2H3;1-2H3. The van der Waals surface area contributed by atoms with Gasteiger partial charge in [-0.15, -0.1) is 0 Å². The molecule has 0 saturated heterocycles. The zero-order valence-corrected chi connectivity index (χ0v) is 13.4. The molecule has 2 rings (SSSR count). The summed E-state index contributed by atoms with van der Waals surface area (Å²) in [5, 5.41) is 0. The van der Waals surface area contributed by atoms with Crippen LogP contribution in [0.3, 0.4) is 0 Å². The largest absolute Gasteiger partial charge is 0.0683 e. The van der Waals surface area contributed by atoms with Crippen LogP contribution >= 0.6 is 0 Å². The van der Waals surface area contributed by atoms with Gasteiger partial charge in [0.2, 0.25) is 0 Å². The molecule has 0 atom stereocenters. The number of hydrogen-bond acceptors (Lipinski definition) is 0. The summed E-state index contributed by atoms with van der Waals surface area (Å²) < 4.78 is 0. The molecule has 1 aliphatic carbocycles. The van der Waals surface area contributed by atoms with Crippen molar-refractivity contribution in [3.63, 3.8) is 0 Å². The van der Waals surface area contributed by atoms with E-state index in [2.05, 4.69) is 44.2 Å². The Morgan fingerprint density at radius 2 is 1.53 bits per heavy atom. The van der Waals surface area contributed by atoms with Crippen LogP contribution in [0.2, 0.25) is 0 Å². The predicted molar refractivity (Wildman–Crippen MR) is 86.6 cm³/mol. The van der Waals surface area contributed by atoms with Crippen LogP contribution in [-0.4, -0.2) is 0 Å². The van der Waals surface area contributed by atoms with Gasteiger partial charge in [0.25, 0.3) is 0 Å². The third-order valence-corrected chi connectivity index (χ3v) is 4.27. The van der Waals surface area contributed by atoms with Gasteiger partial charge in [0.1, 0.15) is 0 Å². The molecule has 0 heterocycles. The molecular formula is C19H32. The first-order valence-corrected chi connectivity index (χ1v) is 8.30. The van der Waals surface area contributed by atoms with Crippen molar-refractivity contribution in [2.75, 3.05) is 0 Å². The molecule has 0 nitrogen and oxygen atoms in total. The SMILES string of the molecule is CC.CC(C)CCC1CCC(c2ccccc2)CC1. The van der Waals surface area contributed by atoms with Crippen molar-refractivity contribution in [3.8, 4) is 0 Å². The van der Waals surface area contributed by atoms with Crippen LogP contribution in [0.15, 0.2) is 30.3 Å². The lowest BCUT2D eigenvalue weighted by atomic mass is 9.77. The second kappa shape index (κ2) is 9.18. The molecule has 0 radical (unpaired) electrons. The Labute approximate surface area is 120 Å². The third kappa shape index (κ3) is 5.80. The van der Waals surface area contributed by atoms with Gasteiger partial charge in [-0.1, -0.05) is 70.9 Å². The van der Waals surface area contributed by atoms with Gasteiger partial charge in [0.15, 0.2) is 0 Å². The minimum Gasteiger partial charge on any atom is -0.0683 e. The van der Waals surface area contributed by atoms with Crippen LogP contribution in [-0.2, 0) is 0 Å². The summed E-state index contributed by atoms with van der Waals surface area (Å²) in [6.45, 7) is 8.69. The first kappa shape index (κ1) is 16.3. The van der Waals surface area contributed by atoms with Gasteiger partial charge in [-0.25, -0.2) is 0 Å². The molecule has 1 aromatic rings. The van der Waals surface area contributed by atoms with E-state index in [1.807, 2.05) is 13.8 Å². The van der Waals surface area contributed by atoms with Gasteiger partial charge < -0.3 is 0 Å². The van der Waals surface area contributed by atoms with Gasteiger partial charge in [-0.3, -0.25) is 0 Å². The normalized spacial score (nSPS) is 22.8. The maximum atomic E-state index is 2.34. The summed E-state index contributed by atoms with van der Waals surface area (Å²) >= 11 is 0. The van der Waals surface area contributed by atoms with E-state index in [4.69, 9.17) is 0 Å². The molecule has 1 aromatic carbocycles. The van der Waals surface area contributed by atoms with E-state index < -0.39 is 0 Å². The maximum Gasteiger partial charge on any atom is -0.0162 e. The zero-order valence-electron chi connectivity index (χ0n) is 13.4. The van der Waals surface area contributed by atoms with Crippen molar-refractivity contribution in [1.29, 1.82) is 0 Å². The van der Waals surface area contributed by atoms with Gasteiger partial charge in [-0.2, -0.15) is 0 Å². The highest BCUT2D eigenvalue weighted by Crippen LogP contribution is 2.37. The molecule has 0 heteroatoms. The fourth-order valence-electron chi connectivity index (χ4n) is 3.08. The van der Waals surface area contributed by atoms with Gasteiger partial charge in [0, 0.05) is 0 Å². The Morgan fingerprint density at radius 3 is 2.05 bits per heavy atom. The van der Waals surface area contributed by atoms with Gasteiger partial charge >= 0.3 is 0 Å². The highest BCUT2D eigenvalue weighted by molar-refractivity contribution is 5.19. The van der Waals surface area contributed by atoms with Crippen molar-refractivity contribution in [2.24, 2.45) is 11.8 Å². The molecule has 0 N–H and O–H groups in total. The highest BCUT2D eigenvalue weighted by Gasteiger charge is 2.21. The number of rotatable bonds is 4. The second-order valence-electron chi connectivity index (χ2n) is 6.10. The fraction of sp³-hybridized carbons (Fsp3) is 0.684. The van der Waals surface area contributed by atoms with Crippen molar-refractivity contribution in [2.45, 2.75) is 72.1 Å². The Kier molecular flexibility index (Phi) is 7.86. The van der Waals surface area contributed by atoms with Crippen LogP contribution in [0.5, 0.6) is 0 Å². The molecule has 0 aromatic heterocycles. The quantitative estimate of drug-likeness (QED) is 0.585. The maximum absolute atomic E-state index is 2.34. The fourth-order valence-corrected chi connectivity index (χ4v) is 3.08. The Hall–Kier alpha value is -0.780. The molecule has 0 amide bonds. The summed E-state index contributed by atoms with van der Waals surface area (Å²) in [7, 11) is 0. The Bertz CT molecular complexity index is 304. The molecule has 1 fully saturated rings. The lowest BCUT2D eigenvalue weighted by Gasteiger charge is -2.29. The zero-order chi connectivity index (χ0) is 14.1. The van der Waals surface area contributed by atoms with Crippen LogP contribution in [0, 0.1) is 11.8 Å². The average Bonchev–Trinajstić information content (AvgIpc) is 2.49. The van der Waals surface area contributed by atoms with E-state index in [0.29, 0.717) is 0 Å². The molecular weight excluding hydrogens is 228 g/mol. The van der Waals surface area contributed by atoms with Crippen LogP contribution in [0.1, 0.15) is 77.7 Å². The van der Waals surface area contributed by atoms with Crippen LogP contribution in [0.4, 0.5) is 0 Å². The summed E-state index contributed by atoms with van der Waals surface area (Å²) in [4.78, 5) is 0. The molecule has 108 valence electrons. The molecule has 19 heavy (non-hydrogen) atoms. The second-order valence-corrected chi connectivity index (χ2v) is 6.10. The monoisotopic (exact) mass is 260 g/mol. The van der Waals surface area contributed by atoms with Gasteiger partial charge in [-0.05, 0) is 49.0 Å². The third-order valence-electron chi connectivity index (χ3n) is 4.27. The molecule has 0 aliphatic heterocycles. The van der Waals surface area contributed by atoms with E-state index in [1.54, 1.807) is 5.56 Å². The Balaban J connectivity index is 0.000000861. The molecule has 0 bridgehead atoms. The van der Waals surface area contributed by atoms with Gasteiger partial charge in [0.05, 0.1) is 0 Å². The lowest BCUT2D eigenvalue weighted by molar-refractivity contribution is 0.293. The molecule has 0 unspecified atom stereocenters. The van der Waals surface area contributed by atoms with E-state index in [0.717, 1.165) is 17.8 Å². The molecule has 0 spiro atoms. The summed E-state index contributed by atoms with van der Waals surface area (Å²) in [5.41, 5.74) is 1.56. The van der Waals surface area contributed by atoms with E-state index in [1.165, 1.54) is 38.5 Å². The van der Waals surface area contributed by atoms with Crippen molar-refractivity contribution >= 4 is 0 Å². The topological polar surface area (TPSA) is 0 Å². The van der Waals surface area contributed by atoms with E-state index >= 15 is 0 Å². The van der Waals surface area contributed by atoms with Crippen LogP contribution in [0.25, 0.3) is 0 Å². The highest BCUT2D eigenvalue weighted by atomic mass is 14.3. The minimum absolute atomic E-state index is 0.839. The lowest BCUT2D eigenvalue weighted by Crippen LogP contribution is -2.13. The average molecular weight is 260 g/mol. The first-order chi connectivity index (χ1) is 9.25. The number of benzene rings is 1. The molecule has 1 saturated carbocycles. The van der Waals surface area contributed by atoms with E-state index in [9.17, 15) is 0 Å². The predicted octanol–water partition coefficient (Wildman–Crippen LogP) is 6.42.